The van der Waals surface area contributed by atoms with E-state index in [4.69, 9.17) is 4.74 Å². The van der Waals surface area contributed by atoms with Crippen LogP contribution >= 0.6 is 0 Å². The molecule has 2 nitrogen and oxygen atoms in total. The fourth-order valence-electron chi connectivity index (χ4n) is 1.89. The van der Waals surface area contributed by atoms with E-state index in [0.29, 0.717) is 17.9 Å². The SMILES string of the molecule is CCCOc1ccc(C(O)c2cc(F)cc(F)c2)cc1. The number of ether oxygens (including phenoxy) is 1. The fraction of sp³-hybridized carbons (Fsp3) is 0.250. The van der Waals surface area contributed by atoms with Gasteiger partial charge in [-0.3, -0.25) is 0 Å². The third-order valence-corrected chi connectivity index (χ3v) is 2.87. The summed E-state index contributed by atoms with van der Waals surface area (Å²) in [6.45, 7) is 2.63. The van der Waals surface area contributed by atoms with E-state index in [1.165, 1.54) is 0 Å². The van der Waals surface area contributed by atoms with Crippen molar-refractivity contribution in [3.63, 3.8) is 0 Å². The predicted octanol–water partition coefficient (Wildman–Crippen LogP) is 3.84. The van der Waals surface area contributed by atoms with Crippen LogP contribution in [0.5, 0.6) is 5.75 Å². The maximum Gasteiger partial charge on any atom is 0.126 e. The molecule has 0 amide bonds. The van der Waals surface area contributed by atoms with E-state index in [-0.39, 0.29) is 5.56 Å². The Morgan fingerprint density at radius 2 is 1.60 bits per heavy atom. The Kier molecular flexibility index (Phi) is 4.69. The Morgan fingerprint density at radius 3 is 2.15 bits per heavy atom. The second-order valence-corrected chi connectivity index (χ2v) is 4.52. The summed E-state index contributed by atoms with van der Waals surface area (Å²) in [4.78, 5) is 0. The number of aliphatic hydroxyl groups excluding tert-OH is 1. The molecule has 2 aromatic carbocycles. The van der Waals surface area contributed by atoms with E-state index < -0.39 is 17.7 Å². The summed E-state index contributed by atoms with van der Waals surface area (Å²) in [7, 11) is 0. The molecule has 0 aliphatic rings. The lowest BCUT2D eigenvalue weighted by atomic mass is 10.0. The molecule has 0 aliphatic carbocycles. The summed E-state index contributed by atoms with van der Waals surface area (Å²) in [6, 6.07) is 9.83. The van der Waals surface area contributed by atoms with Crippen LogP contribution in [0.2, 0.25) is 0 Å². The Bertz CT molecular complexity index is 547. The first-order valence-corrected chi connectivity index (χ1v) is 6.47. The smallest absolute Gasteiger partial charge is 0.126 e. The molecule has 0 aromatic heterocycles. The van der Waals surface area contributed by atoms with Crippen molar-refractivity contribution < 1.29 is 18.6 Å². The van der Waals surface area contributed by atoms with Crippen LogP contribution in [0.15, 0.2) is 42.5 Å². The molecule has 1 atom stereocenters. The first kappa shape index (κ1) is 14.5. The Balaban J connectivity index is 2.17. The van der Waals surface area contributed by atoms with Crippen LogP contribution < -0.4 is 4.74 Å². The average Bonchev–Trinajstić information content (AvgIpc) is 2.44. The molecule has 1 N–H and O–H groups in total. The second-order valence-electron chi connectivity index (χ2n) is 4.52. The lowest BCUT2D eigenvalue weighted by Crippen LogP contribution is -2.01. The van der Waals surface area contributed by atoms with Gasteiger partial charge in [0.15, 0.2) is 0 Å². The van der Waals surface area contributed by atoms with E-state index >= 15 is 0 Å². The Labute approximate surface area is 116 Å². The van der Waals surface area contributed by atoms with Crippen molar-refractivity contribution in [2.45, 2.75) is 19.4 Å². The molecule has 106 valence electrons. The maximum absolute atomic E-state index is 13.1. The molecule has 4 heteroatoms. The minimum atomic E-state index is -1.07. The maximum atomic E-state index is 13.1. The van der Waals surface area contributed by atoms with Gasteiger partial charge >= 0.3 is 0 Å². The van der Waals surface area contributed by atoms with E-state index in [1.807, 2.05) is 6.92 Å². The summed E-state index contributed by atoms with van der Waals surface area (Å²) in [5, 5.41) is 10.1. The number of benzene rings is 2. The zero-order valence-electron chi connectivity index (χ0n) is 11.1. The van der Waals surface area contributed by atoms with Crippen molar-refractivity contribution >= 4 is 0 Å². The highest BCUT2D eigenvalue weighted by Gasteiger charge is 2.13. The molecule has 0 radical (unpaired) electrons. The first-order valence-electron chi connectivity index (χ1n) is 6.47. The van der Waals surface area contributed by atoms with Crippen molar-refractivity contribution in [1.82, 2.24) is 0 Å². The van der Waals surface area contributed by atoms with E-state index in [1.54, 1.807) is 24.3 Å². The minimum absolute atomic E-state index is 0.185. The van der Waals surface area contributed by atoms with Gasteiger partial charge in [0.1, 0.15) is 23.5 Å². The van der Waals surface area contributed by atoms with Crippen molar-refractivity contribution in [3.05, 3.63) is 65.2 Å². The third-order valence-electron chi connectivity index (χ3n) is 2.87. The summed E-state index contributed by atoms with van der Waals surface area (Å²) in [5.41, 5.74) is 0.739. The van der Waals surface area contributed by atoms with E-state index in [0.717, 1.165) is 24.6 Å². The first-order chi connectivity index (χ1) is 9.60. The molecule has 2 rings (SSSR count). The van der Waals surface area contributed by atoms with Crippen LogP contribution in [0, 0.1) is 11.6 Å². The van der Waals surface area contributed by atoms with Gasteiger partial charge < -0.3 is 9.84 Å². The Morgan fingerprint density at radius 1 is 1.00 bits per heavy atom. The largest absolute Gasteiger partial charge is 0.494 e. The quantitative estimate of drug-likeness (QED) is 0.900. The van der Waals surface area contributed by atoms with Gasteiger partial charge in [0.05, 0.1) is 6.61 Å². The van der Waals surface area contributed by atoms with Crippen molar-refractivity contribution in [1.29, 1.82) is 0 Å². The number of halogens is 2. The van der Waals surface area contributed by atoms with Gasteiger partial charge in [0.2, 0.25) is 0 Å². The van der Waals surface area contributed by atoms with Crippen LogP contribution in [-0.4, -0.2) is 11.7 Å². The fourth-order valence-corrected chi connectivity index (χ4v) is 1.89. The number of hydrogen-bond donors (Lipinski definition) is 1. The van der Waals surface area contributed by atoms with Crippen LogP contribution in [0.1, 0.15) is 30.6 Å². The zero-order chi connectivity index (χ0) is 14.5. The highest BCUT2D eigenvalue weighted by atomic mass is 19.1. The van der Waals surface area contributed by atoms with Crippen molar-refractivity contribution in [2.24, 2.45) is 0 Å². The molecular weight excluding hydrogens is 262 g/mol. The van der Waals surface area contributed by atoms with Crippen LogP contribution in [0.3, 0.4) is 0 Å². The molecule has 0 heterocycles. The van der Waals surface area contributed by atoms with Gasteiger partial charge in [0.25, 0.3) is 0 Å². The molecule has 0 bridgehead atoms. The number of hydrogen-bond acceptors (Lipinski definition) is 2. The lowest BCUT2D eigenvalue weighted by molar-refractivity contribution is 0.219. The van der Waals surface area contributed by atoms with Crippen LogP contribution in [-0.2, 0) is 0 Å². The van der Waals surface area contributed by atoms with Gasteiger partial charge in [-0.2, -0.15) is 0 Å². The molecular formula is C16H16F2O2. The highest BCUT2D eigenvalue weighted by Crippen LogP contribution is 2.25. The number of rotatable bonds is 5. The normalized spacial score (nSPS) is 12.2. The summed E-state index contributed by atoms with van der Waals surface area (Å²) in [5.74, 6) is -0.711. The molecule has 20 heavy (non-hydrogen) atoms. The van der Waals surface area contributed by atoms with Gasteiger partial charge in [-0.25, -0.2) is 8.78 Å². The van der Waals surface area contributed by atoms with Crippen LogP contribution in [0.25, 0.3) is 0 Å². The molecule has 0 saturated carbocycles. The standard InChI is InChI=1S/C16H16F2O2/c1-2-7-20-15-5-3-11(4-6-15)16(19)12-8-13(17)10-14(18)9-12/h3-6,8-10,16,19H,2,7H2,1H3. The highest BCUT2D eigenvalue weighted by molar-refractivity contribution is 5.34. The van der Waals surface area contributed by atoms with E-state index in [9.17, 15) is 13.9 Å². The van der Waals surface area contributed by atoms with Gasteiger partial charge in [0, 0.05) is 6.07 Å². The molecule has 0 saturated heterocycles. The molecule has 0 fully saturated rings. The zero-order valence-corrected chi connectivity index (χ0v) is 11.1. The van der Waals surface area contributed by atoms with Gasteiger partial charge in [-0.05, 0) is 41.8 Å². The summed E-state index contributed by atoms with van der Waals surface area (Å²) < 4.78 is 31.7. The van der Waals surface area contributed by atoms with Gasteiger partial charge in [-0.1, -0.05) is 19.1 Å². The number of aliphatic hydroxyl groups is 1. The minimum Gasteiger partial charge on any atom is -0.494 e. The predicted molar refractivity (Wildman–Crippen MR) is 72.6 cm³/mol. The van der Waals surface area contributed by atoms with Crippen molar-refractivity contribution in [2.75, 3.05) is 6.61 Å². The summed E-state index contributed by atoms with van der Waals surface area (Å²) in [6.07, 6.45) is -0.159. The monoisotopic (exact) mass is 278 g/mol. The molecule has 0 spiro atoms. The second kappa shape index (κ2) is 6.48. The third kappa shape index (κ3) is 3.54. The van der Waals surface area contributed by atoms with Gasteiger partial charge in [-0.15, -0.1) is 0 Å². The Hall–Kier alpha value is -1.94. The molecule has 0 aliphatic heterocycles. The molecule has 2 aromatic rings. The van der Waals surface area contributed by atoms with Crippen molar-refractivity contribution in [3.8, 4) is 5.75 Å². The summed E-state index contributed by atoms with van der Waals surface area (Å²) >= 11 is 0. The lowest BCUT2D eigenvalue weighted by Gasteiger charge is -2.13. The topological polar surface area (TPSA) is 29.5 Å². The average molecular weight is 278 g/mol. The van der Waals surface area contributed by atoms with E-state index in [2.05, 4.69) is 0 Å². The van der Waals surface area contributed by atoms with Crippen LogP contribution in [0.4, 0.5) is 8.78 Å². The molecule has 1 unspecified atom stereocenters.